The van der Waals surface area contributed by atoms with Crippen molar-refractivity contribution >= 4 is 15.9 Å². The molecule has 7 nitrogen and oxygen atoms in total. The lowest BCUT2D eigenvalue weighted by molar-refractivity contribution is 0.352. The molecule has 1 saturated heterocycles. The number of hydrogen-bond acceptors (Lipinski definition) is 7. The van der Waals surface area contributed by atoms with Gasteiger partial charge in [-0.05, 0) is 50.2 Å². The zero-order valence-corrected chi connectivity index (χ0v) is 13.1. The van der Waals surface area contributed by atoms with E-state index in [0.29, 0.717) is 24.1 Å². The summed E-state index contributed by atoms with van der Waals surface area (Å²) in [5.74, 6) is 0.434. The lowest BCUT2D eigenvalue weighted by Gasteiger charge is -2.13. The van der Waals surface area contributed by atoms with E-state index >= 15 is 0 Å². The van der Waals surface area contributed by atoms with Gasteiger partial charge in [0, 0.05) is 11.8 Å². The molecule has 0 amide bonds. The van der Waals surface area contributed by atoms with Gasteiger partial charge in [-0.3, -0.25) is 4.90 Å². The van der Waals surface area contributed by atoms with Crippen LogP contribution in [-0.2, 0) is 9.84 Å². The molecule has 2 heterocycles. The summed E-state index contributed by atoms with van der Waals surface area (Å²) in [4.78, 5) is 6.82. The maximum absolute atomic E-state index is 11.4. The highest BCUT2D eigenvalue weighted by Crippen LogP contribution is 2.20. The van der Waals surface area contributed by atoms with Gasteiger partial charge in [-0.25, -0.2) is 8.42 Å². The Morgan fingerprint density at radius 1 is 1.23 bits per heavy atom. The Morgan fingerprint density at radius 2 is 1.91 bits per heavy atom. The molecule has 0 saturated carbocycles. The van der Waals surface area contributed by atoms with Crippen LogP contribution in [0.4, 0.5) is 6.01 Å². The molecule has 1 aliphatic rings. The number of sulfone groups is 1. The first-order valence-electron chi connectivity index (χ1n) is 7.13. The zero-order chi connectivity index (χ0) is 15.6. The molecule has 0 unspecified atom stereocenters. The third-order valence-corrected chi connectivity index (χ3v) is 4.75. The van der Waals surface area contributed by atoms with Crippen molar-refractivity contribution < 1.29 is 12.9 Å². The molecular formula is C14H18N4O3S. The van der Waals surface area contributed by atoms with Gasteiger partial charge in [0.05, 0.1) is 11.6 Å². The lowest BCUT2D eigenvalue weighted by Crippen LogP contribution is -2.26. The first-order chi connectivity index (χ1) is 10.5. The van der Waals surface area contributed by atoms with Gasteiger partial charge in [0.2, 0.25) is 5.82 Å². The van der Waals surface area contributed by atoms with Gasteiger partial charge in [0.15, 0.2) is 9.84 Å². The van der Waals surface area contributed by atoms with E-state index in [4.69, 9.17) is 4.52 Å². The molecule has 118 valence electrons. The maximum Gasteiger partial charge on any atom is 0.322 e. The number of anilines is 1. The molecule has 0 radical (unpaired) electrons. The zero-order valence-electron chi connectivity index (χ0n) is 12.3. The monoisotopic (exact) mass is 322 g/mol. The van der Waals surface area contributed by atoms with Crippen molar-refractivity contribution in [2.75, 3.05) is 31.3 Å². The van der Waals surface area contributed by atoms with Crippen molar-refractivity contribution in [2.45, 2.75) is 17.7 Å². The molecule has 1 aromatic heterocycles. The van der Waals surface area contributed by atoms with Gasteiger partial charge >= 0.3 is 6.01 Å². The molecule has 0 aliphatic carbocycles. The van der Waals surface area contributed by atoms with Crippen LogP contribution in [0.3, 0.4) is 0 Å². The SMILES string of the molecule is CS(=O)(=O)c1ccc(-c2noc(NCN3CCCC3)n2)cc1. The molecule has 1 N–H and O–H groups in total. The van der Waals surface area contributed by atoms with Gasteiger partial charge < -0.3 is 9.84 Å². The second kappa shape index (κ2) is 6.05. The second-order valence-corrected chi connectivity index (χ2v) is 7.40. The Balaban J connectivity index is 1.67. The average molecular weight is 322 g/mol. The predicted molar refractivity (Wildman–Crippen MR) is 82.1 cm³/mol. The fourth-order valence-corrected chi connectivity index (χ4v) is 3.01. The van der Waals surface area contributed by atoms with E-state index in [9.17, 15) is 8.42 Å². The highest BCUT2D eigenvalue weighted by atomic mass is 32.2. The van der Waals surface area contributed by atoms with Gasteiger partial charge in [-0.15, -0.1) is 0 Å². The van der Waals surface area contributed by atoms with E-state index in [1.54, 1.807) is 24.3 Å². The third kappa shape index (κ3) is 3.45. The van der Waals surface area contributed by atoms with Crippen molar-refractivity contribution in [3.05, 3.63) is 24.3 Å². The number of nitrogens with zero attached hydrogens (tertiary/aromatic N) is 3. The van der Waals surface area contributed by atoms with E-state index in [1.165, 1.54) is 19.1 Å². The average Bonchev–Trinajstić information content (AvgIpc) is 3.16. The van der Waals surface area contributed by atoms with E-state index in [1.807, 2.05) is 0 Å². The van der Waals surface area contributed by atoms with Crippen LogP contribution in [0.1, 0.15) is 12.8 Å². The first kappa shape index (κ1) is 15.0. The molecule has 8 heteroatoms. The first-order valence-corrected chi connectivity index (χ1v) is 9.02. The van der Waals surface area contributed by atoms with Crippen LogP contribution in [0.5, 0.6) is 0 Å². The molecule has 1 aromatic carbocycles. The lowest BCUT2D eigenvalue weighted by atomic mass is 10.2. The molecular weight excluding hydrogens is 304 g/mol. The third-order valence-electron chi connectivity index (χ3n) is 3.62. The summed E-state index contributed by atoms with van der Waals surface area (Å²) in [6.07, 6.45) is 3.63. The van der Waals surface area contributed by atoms with Crippen molar-refractivity contribution in [1.82, 2.24) is 15.0 Å². The highest BCUT2D eigenvalue weighted by Gasteiger charge is 2.14. The quantitative estimate of drug-likeness (QED) is 0.894. The highest BCUT2D eigenvalue weighted by molar-refractivity contribution is 7.90. The number of hydrogen-bond donors (Lipinski definition) is 1. The largest absolute Gasteiger partial charge is 0.325 e. The summed E-state index contributed by atoms with van der Waals surface area (Å²) in [5, 5.41) is 7.01. The Hall–Kier alpha value is -1.93. The topological polar surface area (TPSA) is 88.3 Å². The molecule has 0 bridgehead atoms. The number of nitrogens with one attached hydrogen (secondary N) is 1. The number of benzene rings is 1. The van der Waals surface area contributed by atoms with Crippen molar-refractivity contribution in [3.8, 4) is 11.4 Å². The van der Waals surface area contributed by atoms with Gasteiger partial charge in [0.1, 0.15) is 0 Å². The van der Waals surface area contributed by atoms with Crippen LogP contribution < -0.4 is 5.32 Å². The second-order valence-electron chi connectivity index (χ2n) is 5.38. The van der Waals surface area contributed by atoms with Crippen LogP contribution in [-0.4, -0.2) is 49.5 Å². The van der Waals surface area contributed by atoms with Gasteiger partial charge in [0.25, 0.3) is 0 Å². The summed E-state index contributed by atoms with van der Waals surface area (Å²) >= 11 is 0. The molecule has 1 aliphatic heterocycles. The number of aromatic nitrogens is 2. The summed E-state index contributed by atoms with van der Waals surface area (Å²) in [6.45, 7) is 2.86. The molecule has 0 spiro atoms. The Kier molecular flexibility index (Phi) is 4.12. The maximum atomic E-state index is 11.4. The smallest absolute Gasteiger partial charge is 0.322 e. The van der Waals surface area contributed by atoms with Crippen molar-refractivity contribution in [1.29, 1.82) is 0 Å². The molecule has 3 rings (SSSR count). The normalized spacial score (nSPS) is 16.0. The van der Waals surface area contributed by atoms with Crippen LogP contribution >= 0.6 is 0 Å². The van der Waals surface area contributed by atoms with Crippen molar-refractivity contribution in [2.24, 2.45) is 0 Å². The number of rotatable bonds is 5. The fraction of sp³-hybridized carbons (Fsp3) is 0.429. The van der Waals surface area contributed by atoms with Crippen LogP contribution in [0.15, 0.2) is 33.7 Å². The summed E-state index contributed by atoms with van der Waals surface area (Å²) < 4.78 is 28.0. The summed E-state index contributed by atoms with van der Waals surface area (Å²) in [5.41, 5.74) is 0.713. The van der Waals surface area contributed by atoms with Crippen molar-refractivity contribution in [3.63, 3.8) is 0 Å². The number of likely N-dealkylation sites (tertiary alicyclic amines) is 1. The Labute approximate surface area is 129 Å². The predicted octanol–water partition coefficient (Wildman–Crippen LogP) is 1.61. The van der Waals surface area contributed by atoms with Gasteiger partial charge in [-0.2, -0.15) is 4.98 Å². The standard InChI is InChI=1S/C14H18N4O3S/c1-22(19,20)12-6-4-11(5-7-12)13-16-14(21-17-13)15-10-18-8-2-3-9-18/h4-7H,2-3,8-10H2,1H3,(H,15,16,17). The van der Waals surface area contributed by atoms with Gasteiger partial charge in [-0.1, -0.05) is 5.16 Å². The summed E-state index contributed by atoms with van der Waals surface area (Å²) in [6, 6.07) is 6.79. The fourth-order valence-electron chi connectivity index (χ4n) is 2.38. The molecule has 1 fully saturated rings. The molecule has 22 heavy (non-hydrogen) atoms. The Morgan fingerprint density at radius 3 is 2.55 bits per heavy atom. The van der Waals surface area contributed by atoms with E-state index in [2.05, 4.69) is 20.4 Å². The van der Waals surface area contributed by atoms with Crippen LogP contribution in [0.2, 0.25) is 0 Å². The minimum atomic E-state index is -3.20. The van der Waals surface area contributed by atoms with E-state index in [-0.39, 0.29) is 4.90 Å². The molecule has 0 atom stereocenters. The minimum Gasteiger partial charge on any atom is -0.325 e. The minimum absolute atomic E-state index is 0.270. The Bertz CT molecular complexity index is 734. The summed E-state index contributed by atoms with van der Waals surface area (Å²) in [7, 11) is -3.20. The van der Waals surface area contributed by atoms with E-state index < -0.39 is 9.84 Å². The van der Waals surface area contributed by atoms with Crippen LogP contribution in [0.25, 0.3) is 11.4 Å². The van der Waals surface area contributed by atoms with E-state index in [0.717, 1.165) is 13.1 Å². The van der Waals surface area contributed by atoms with Crippen LogP contribution in [0, 0.1) is 0 Å². The molecule has 2 aromatic rings.